The summed E-state index contributed by atoms with van der Waals surface area (Å²) in [5.74, 6) is -0.387. The Morgan fingerprint density at radius 2 is 1.58 bits per heavy atom. The summed E-state index contributed by atoms with van der Waals surface area (Å²) in [5.41, 5.74) is 3.81. The van der Waals surface area contributed by atoms with Crippen LogP contribution < -0.4 is 10.6 Å². The highest BCUT2D eigenvalue weighted by atomic mass is 16.2. The van der Waals surface area contributed by atoms with Crippen molar-refractivity contribution in [2.24, 2.45) is 5.92 Å². The molecule has 0 saturated heterocycles. The van der Waals surface area contributed by atoms with Crippen LogP contribution in [0.2, 0.25) is 0 Å². The molecule has 0 aliphatic carbocycles. The van der Waals surface area contributed by atoms with Crippen molar-refractivity contribution >= 4 is 17.5 Å². The van der Waals surface area contributed by atoms with E-state index in [9.17, 15) is 9.59 Å². The fourth-order valence-corrected chi connectivity index (χ4v) is 3.11. The molecule has 0 aliphatic heterocycles. The number of carbonyl (C=O) groups is 2. The highest BCUT2D eigenvalue weighted by Gasteiger charge is 2.26. The van der Waals surface area contributed by atoms with Crippen LogP contribution in [-0.4, -0.2) is 18.4 Å². The Balaban J connectivity index is 2.02. The second kappa shape index (κ2) is 9.18. The first-order valence-electron chi connectivity index (χ1n) is 9.12. The first-order valence-corrected chi connectivity index (χ1v) is 9.12. The van der Waals surface area contributed by atoms with E-state index >= 15 is 0 Å². The van der Waals surface area contributed by atoms with Crippen molar-refractivity contribution in [2.45, 2.75) is 40.0 Å². The molecule has 2 aromatic rings. The molecule has 0 fully saturated rings. The third-order valence-electron chi connectivity index (χ3n) is 4.82. The number of hydrogen-bond acceptors (Lipinski definition) is 2. The van der Waals surface area contributed by atoms with Gasteiger partial charge in [-0.05, 0) is 36.5 Å². The van der Waals surface area contributed by atoms with Crippen LogP contribution in [0.3, 0.4) is 0 Å². The van der Waals surface area contributed by atoms with E-state index in [0.717, 1.165) is 28.8 Å². The molecule has 0 aliphatic rings. The quantitative estimate of drug-likeness (QED) is 0.785. The highest BCUT2D eigenvalue weighted by molar-refractivity contribution is 5.96. The van der Waals surface area contributed by atoms with Gasteiger partial charge >= 0.3 is 0 Å². The van der Waals surface area contributed by atoms with Gasteiger partial charge in [0.15, 0.2) is 0 Å². The van der Waals surface area contributed by atoms with Crippen molar-refractivity contribution < 1.29 is 9.59 Å². The first-order chi connectivity index (χ1) is 12.4. The summed E-state index contributed by atoms with van der Waals surface area (Å²) in [5, 5.41) is 5.71. The molecule has 0 aromatic heterocycles. The minimum Gasteiger partial charge on any atom is -0.346 e. The van der Waals surface area contributed by atoms with Gasteiger partial charge in [0.1, 0.15) is 0 Å². The average Bonchev–Trinajstić information content (AvgIpc) is 2.64. The standard InChI is InChI=1S/C22H28N2O2/c1-5-15(2)20(18-12-7-6-8-13-18)22(26)23-14-19(25)24-21-16(3)10-9-11-17(21)4/h6-13,15,20H,5,14H2,1-4H3,(H,23,26)(H,24,25)/t15-,20-/m1/s1. The van der Waals surface area contributed by atoms with Crippen LogP contribution in [0.1, 0.15) is 42.9 Å². The van der Waals surface area contributed by atoms with Gasteiger partial charge in [0.2, 0.25) is 11.8 Å². The van der Waals surface area contributed by atoms with Crippen molar-refractivity contribution in [3.8, 4) is 0 Å². The van der Waals surface area contributed by atoms with E-state index in [1.807, 2.05) is 62.4 Å². The molecule has 0 heterocycles. The lowest BCUT2D eigenvalue weighted by molar-refractivity contribution is -0.126. The molecule has 2 N–H and O–H groups in total. The molecule has 2 aromatic carbocycles. The predicted octanol–water partition coefficient (Wildman–Crippen LogP) is 4.19. The van der Waals surface area contributed by atoms with Crippen molar-refractivity contribution in [1.82, 2.24) is 5.32 Å². The monoisotopic (exact) mass is 352 g/mol. The summed E-state index contributed by atoms with van der Waals surface area (Å²) < 4.78 is 0. The summed E-state index contributed by atoms with van der Waals surface area (Å²) in [7, 11) is 0. The zero-order chi connectivity index (χ0) is 19.1. The van der Waals surface area contributed by atoms with E-state index in [2.05, 4.69) is 24.5 Å². The van der Waals surface area contributed by atoms with Gasteiger partial charge in [-0.2, -0.15) is 0 Å². The Morgan fingerprint density at radius 3 is 2.15 bits per heavy atom. The van der Waals surface area contributed by atoms with Gasteiger partial charge in [0.05, 0.1) is 12.5 Å². The summed E-state index contributed by atoms with van der Waals surface area (Å²) in [4.78, 5) is 25.0. The Kier molecular flexibility index (Phi) is 6.96. The number of carbonyl (C=O) groups excluding carboxylic acids is 2. The molecule has 4 nitrogen and oxygen atoms in total. The third kappa shape index (κ3) is 4.94. The van der Waals surface area contributed by atoms with Crippen LogP contribution in [0.4, 0.5) is 5.69 Å². The number of aryl methyl sites for hydroxylation is 2. The predicted molar refractivity (Wildman–Crippen MR) is 106 cm³/mol. The molecule has 0 bridgehead atoms. The lowest BCUT2D eigenvalue weighted by atomic mass is 9.85. The largest absolute Gasteiger partial charge is 0.346 e. The normalized spacial score (nSPS) is 12.9. The van der Waals surface area contributed by atoms with E-state index in [1.54, 1.807) is 0 Å². The molecule has 26 heavy (non-hydrogen) atoms. The molecular weight excluding hydrogens is 324 g/mol. The fourth-order valence-electron chi connectivity index (χ4n) is 3.11. The second-order valence-electron chi connectivity index (χ2n) is 6.81. The minimum atomic E-state index is -0.255. The van der Waals surface area contributed by atoms with Gasteiger partial charge in [-0.15, -0.1) is 0 Å². The second-order valence-corrected chi connectivity index (χ2v) is 6.81. The van der Waals surface area contributed by atoms with Crippen molar-refractivity contribution in [2.75, 3.05) is 11.9 Å². The zero-order valence-corrected chi connectivity index (χ0v) is 16.0. The summed E-state index contributed by atoms with van der Waals surface area (Å²) in [6, 6.07) is 15.6. The number of anilines is 1. The number of rotatable bonds is 7. The Labute approximate surface area is 156 Å². The van der Waals surface area contributed by atoms with E-state index < -0.39 is 0 Å². The molecule has 0 saturated carbocycles. The maximum atomic E-state index is 12.7. The van der Waals surface area contributed by atoms with Gasteiger partial charge < -0.3 is 10.6 Å². The summed E-state index contributed by atoms with van der Waals surface area (Å²) in [6.45, 7) is 8.01. The molecule has 0 unspecified atom stereocenters. The van der Waals surface area contributed by atoms with Gasteiger partial charge in [0, 0.05) is 5.69 Å². The lowest BCUT2D eigenvalue weighted by Gasteiger charge is -2.22. The Hall–Kier alpha value is -2.62. The highest BCUT2D eigenvalue weighted by Crippen LogP contribution is 2.27. The van der Waals surface area contributed by atoms with Gasteiger partial charge in [-0.3, -0.25) is 9.59 Å². The van der Waals surface area contributed by atoms with Crippen molar-refractivity contribution in [3.63, 3.8) is 0 Å². The third-order valence-corrected chi connectivity index (χ3v) is 4.82. The number of benzene rings is 2. The molecular formula is C22H28N2O2. The van der Waals surface area contributed by atoms with Crippen LogP contribution in [0.25, 0.3) is 0 Å². The maximum Gasteiger partial charge on any atom is 0.243 e. The van der Waals surface area contributed by atoms with Gasteiger partial charge in [-0.25, -0.2) is 0 Å². The molecule has 2 atom stereocenters. The molecule has 2 amide bonds. The van der Waals surface area contributed by atoms with Crippen LogP contribution in [0, 0.1) is 19.8 Å². The SMILES string of the molecule is CC[C@@H](C)[C@@H](C(=O)NCC(=O)Nc1c(C)cccc1C)c1ccccc1. The van der Waals surface area contributed by atoms with Crippen LogP contribution >= 0.6 is 0 Å². The first kappa shape index (κ1) is 19.7. The number of hydrogen-bond donors (Lipinski definition) is 2. The zero-order valence-electron chi connectivity index (χ0n) is 16.0. The number of amides is 2. The molecule has 0 radical (unpaired) electrons. The number of para-hydroxylation sites is 1. The molecule has 138 valence electrons. The van der Waals surface area contributed by atoms with Gasteiger partial charge in [-0.1, -0.05) is 68.8 Å². The Bertz CT molecular complexity index is 736. The molecule has 4 heteroatoms. The summed E-state index contributed by atoms with van der Waals surface area (Å²) >= 11 is 0. The topological polar surface area (TPSA) is 58.2 Å². The molecule has 0 spiro atoms. The maximum absolute atomic E-state index is 12.7. The lowest BCUT2D eigenvalue weighted by Crippen LogP contribution is -2.38. The van der Waals surface area contributed by atoms with Crippen molar-refractivity contribution in [3.05, 3.63) is 65.2 Å². The van der Waals surface area contributed by atoms with E-state index in [1.165, 1.54) is 0 Å². The smallest absolute Gasteiger partial charge is 0.243 e. The van der Waals surface area contributed by atoms with E-state index in [4.69, 9.17) is 0 Å². The van der Waals surface area contributed by atoms with E-state index in [0.29, 0.717) is 0 Å². The van der Waals surface area contributed by atoms with Gasteiger partial charge in [0.25, 0.3) is 0 Å². The fraction of sp³-hybridized carbons (Fsp3) is 0.364. The Morgan fingerprint density at radius 1 is 0.962 bits per heavy atom. The van der Waals surface area contributed by atoms with Crippen LogP contribution in [-0.2, 0) is 9.59 Å². The van der Waals surface area contributed by atoms with E-state index in [-0.39, 0.29) is 30.2 Å². The number of nitrogens with one attached hydrogen (secondary N) is 2. The van der Waals surface area contributed by atoms with Crippen LogP contribution in [0.5, 0.6) is 0 Å². The average molecular weight is 352 g/mol. The molecule has 2 rings (SSSR count). The van der Waals surface area contributed by atoms with Crippen molar-refractivity contribution in [1.29, 1.82) is 0 Å². The van der Waals surface area contributed by atoms with Crippen LogP contribution in [0.15, 0.2) is 48.5 Å². The minimum absolute atomic E-state index is 0.0353. The summed E-state index contributed by atoms with van der Waals surface area (Å²) in [6.07, 6.45) is 0.890.